The highest BCUT2D eigenvalue weighted by atomic mass is 35.5. The van der Waals surface area contributed by atoms with Gasteiger partial charge in [-0.2, -0.15) is 0 Å². The van der Waals surface area contributed by atoms with E-state index in [1.807, 2.05) is 0 Å². The van der Waals surface area contributed by atoms with Crippen molar-refractivity contribution in [1.82, 2.24) is 0 Å². The third-order valence-corrected chi connectivity index (χ3v) is 1.88. The number of benzene rings is 1. The minimum atomic E-state index is 0.529. The molecule has 0 heterocycles. The lowest BCUT2D eigenvalue weighted by Crippen LogP contribution is -1.71. The van der Waals surface area contributed by atoms with Crippen LogP contribution in [0.15, 0.2) is 18.2 Å². The van der Waals surface area contributed by atoms with Gasteiger partial charge >= 0.3 is 0 Å². The SMILES string of the molecule is [CH]=Cc1ccc(Cl)c(Cl)c1. The summed E-state index contributed by atoms with van der Waals surface area (Å²) in [5.41, 5.74) is 0.870. The van der Waals surface area contributed by atoms with E-state index in [1.54, 1.807) is 18.2 Å². The van der Waals surface area contributed by atoms with Crippen molar-refractivity contribution >= 4 is 29.3 Å². The third kappa shape index (κ3) is 1.53. The van der Waals surface area contributed by atoms with Gasteiger partial charge in [0.1, 0.15) is 0 Å². The minimum absolute atomic E-state index is 0.529. The maximum absolute atomic E-state index is 5.69. The summed E-state index contributed by atoms with van der Waals surface area (Å²) in [4.78, 5) is 0. The van der Waals surface area contributed by atoms with Gasteiger partial charge in [-0.15, -0.1) is 0 Å². The lowest BCUT2D eigenvalue weighted by atomic mass is 10.2. The Morgan fingerprint density at radius 3 is 2.40 bits per heavy atom. The molecule has 0 fully saturated rings. The van der Waals surface area contributed by atoms with Gasteiger partial charge in [-0.3, -0.25) is 0 Å². The molecule has 1 aromatic rings. The molecule has 0 aromatic heterocycles. The Bertz CT molecular complexity index is 253. The van der Waals surface area contributed by atoms with E-state index in [0.717, 1.165) is 5.56 Å². The predicted molar refractivity (Wildman–Crippen MR) is 45.2 cm³/mol. The van der Waals surface area contributed by atoms with Crippen LogP contribution in [0.5, 0.6) is 0 Å². The van der Waals surface area contributed by atoms with Crippen LogP contribution in [0.25, 0.3) is 6.08 Å². The molecule has 0 aliphatic heterocycles. The molecule has 0 N–H and O–H groups in total. The fraction of sp³-hybridized carbons (Fsp3) is 0. The van der Waals surface area contributed by atoms with Crippen LogP contribution >= 0.6 is 23.2 Å². The minimum Gasteiger partial charge on any atom is -0.0827 e. The van der Waals surface area contributed by atoms with Gasteiger partial charge in [-0.25, -0.2) is 0 Å². The van der Waals surface area contributed by atoms with Crippen LogP contribution in [0.1, 0.15) is 5.56 Å². The molecular weight excluding hydrogens is 167 g/mol. The van der Waals surface area contributed by atoms with Crippen molar-refractivity contribution in [1.29, 1.82) is 0 Å². The van der Waals surface area contributed by atoms with E-state index in [4.69, 9.17) is 29.8 Å². The van der Waals surface area contributed by atoms with Gasteiger partial charge in [0.2, 0.25) is 0 Å². The fourth-order valence-electron chi connectivity index (χ4n) is 0.616. The molecule has 2 heteroatoms. The molecule has 0 amide bonds. The van der Waals surface area contributed by atoms with Gasteiger partial charge in [0.25, 0.3) is 0 Å². The highest BCUT2D eigenvalue weighted by Crippen LogP contribution is 2.22. The highest BCUT2D eigenvalue weighted by Gasteiger charge is 1.94. The quantitative estimate of drug-likeness (QED) is 0.608. The maximum Gasteiger partial charge on any atom is 0.0598 e. The lowest BCUT2D eigenvalue weighted by Gasteiger charge is -1.95. The van der Waals surface area contributed by atoms with E-state index in [9.17, 15) is 0 Å². The summed E-state index contributed by atoms with van der Waals surface area (Å²) >= 11 is 11.3. The van der Waals surface area contributed by atoms with Gasteiger partial charge in [-0.05, 0) is 17.7 Å². The van der Waals surface area contributed by atoms with Gasteiger partial charge in [0, 0.05) is 0 Å². The molecule has 1 aromatic carbocycles. The average Bonchev–Trinajstić information content (AvgIpc) is 1.95. The molecule has 51 valence electrons. The summed E-state index contributed by atoms with van der Waals surface area (Å²) in [6.45, 7) is 5.24. The summed E-state index contributed by atoms with van der Waals surface area (Å²) in [7, 11) is 0. The molecule has 0 spiro atoms. The van der Waals surface area contributed by atoms with Gasteiger partial charge in [0.15, 0.2) is 0 Å². The third-order valence-electron chi connectivity index (χ3n) is 1.14. The van der Waals surface area contributed by atoms with Crippen LogP contribution in [0, 0.1) is 6.58 Å². The number of halogens is 2. The summed E-state index contributed by atoms with van der Waals surface area (Å²) in [6.07, 6.45) is 1.47. The van der Waals surface area contributed by atoms with Crippen molar-refractivity contribution in [2.24, 2.45) is 0 Å². The molecular formula is C8H5Cl2. The largest absolute Gasteiger partial charge is 0.0827 e. The zero-order valence-corrected chi connectivity index (χ0v) is 6.65. The van der Waals surface area contributed by atoms with Crippen molar-refractivity contribution in [2.75, 3.05) is 0 Å². The second-order valence-corrected chi connectivity index (χ2v) is 2.65. The molecule has 0 unspecified atom stereocenters. The number of hydrogen-bond acceptors (Lipinski definition) is 0. The first kappa shape index (κ1) is 7.64. The van der Waals surface area contributed by atoms with Crippen molar-refractivity contribution in [3.05, 3.63) is 40.4 Å². The van der Waals surface area contributed by atoms with Gasteiger partial charge in [-0.1, -0.05) is 41.9 Å². The van der Waals surface area contributed by atoms with Crippen LogP contribution in [0.4, 0.5) is 0 Å². The zero-order valence-electron chi connectivity index (χ0n) is 5.14. The van der Waals surface area contributed by atoms with Crippen molar-refractivity contribution in [3.63, 3.8) is 0 Å². The number of hydrogen-bond donors (Lipinski definition) is 0. The fourth-order valence-corrected chi connectivity index (χ4v) is 0.923. The smallest absolute Gasteiger partial charge is 0.0598 e. The Labute approximate surface area is 70.1 Å². The average molecular weight is 172 g/mol. The first-order chi connectivity index (χ1) is 4.74. The standard InChI is InChI=1S/C8H5Cl2/c1-2-6-3-4-7(9)8(10)5-6/h1-5H. The van der Waals surface area contributed by atoms with Crippen molar-refractivity contribution in [2.45, 2.75) is 0 Å². The summed E-state index contributed by atoms with van der Waals surface area (Å²) in [5, 5.41) is 1.08. The van der Waals surface area contributed by atoms with Gasteiger partial charge < -0.3 is 0 Å². The first-order valence-corrected chi connectivity index (χ1v) is 3.49. The summed E-state index contributed by atoms with van der Waals surface area (Å²) in [5.74, 6) is 0. The van der Waals surface area contributed by atoms with Crippen molar-refractivity contribution in [3.8, 4) is 0 Å². The summed E-state index contributed by atoms with van der Waals surface area (Å²) < 4.78 is 0. The zero-order chi connectivity index (χ0) is 7.56. The van der Waals surface area contributed by atoms with E-state index < -0.39 is 0 Å². The molecule has 0 aliphatic rings. The Morgan fingerprint density at radius 2 is 1.90 bits per heavy atom. The Kier molecular flexibility index (Phi) is 2.36. The molecule has 0 atom stereocenters. The molecule has 1 rings (SSSR count). The highest BCUT2D eigenvalue weighted by molar-refractivity contribution is 6.42. The van der Waals surface area contributed by atoms with E-state index >= 15 is 0 Å². The second kappa shape index (κ2) is 3.09. The van der Waals surface area contributed by atoms with Crippen LogP contribution in [-0.2, 0) is 0 Å². The monoisotopic (exact) mass is 171 g/mol. The first-order valence-electron chi connectivity index (χ1n) is 2.74. The summed E-state index contributed by atoms with van der Waals surface area (Å²) in [6, 6.07) is 5.22. The van der Waals surface area contributed by atoms with Crippen LogP contribution < -0.4 is 0 Å². The Hall–Kier alpha value is -0.460. The predicted octanol–water partition coefficient (Wildman–Crippen LogP) is 3.44. The number of rotatable bonds is 1. The molecule has 0 saturated heterocycles. The topological polar surface area (TPSA) is 0 Å². The Balaban J connectivity index is 3.16. The Morgan fingerprint density at radius 1 is 1.20 bits per heavy atom. The van der Waals surface area contributed by atoms with Gasteiger partial charge in [0.05, 0.1) is 10.0 Å². The molecule has 0 bridgehead atoms. The maximum atomic E-state index is 5.69. The molecule has 0 aliphatic carbocycles. The van der Waals surface area contributed by atoms with E-state index in [-0.39, 0.29) is 0 Å². The normalized spacial score (nSPS) is 9.40. The molecule has 0 nitrogen and oxygen atoms in total. The van der Waals surface area contributed by atoms with Crippen LogP contribution in [-0.4, -0.2) is 0 Å². The van der Waals surface area contributed by atoms with Crippen LogP contribution in [0.2, 0.25) is 10.0 Å². The van der Waals surface area contributed by atoms with E-state index in [1.165, 1.54) is 6.08 Å². The van der Waals surface area contributed by atoms with E-state index in [2.05, 4.69) is 0 Å². The molecule has 10 heavy (non-hydrogen) atoms. The second-order valence-electron chi connectivity index (χ2n) is 1.84. The molecule has 1 radical (unpaired) electrons. The van der Waals surface area contributed by atoms with Crippen molar-refractivity contribution < 1.29 is 0 Å². The van der Waals surface area contributed by atoms with Crippen LogP contribution in [0.3, 0.4) is 0 Å². The molecule has 0 saturated carbocycles. The van der Waals surface area contributed by atoms with E-state index in [0.29, 0.717) is 10.0 Å². The lowest BCUT2D eigenvalue weighted by molar-refractivity contribution is 1.66.